The molecule has 0 spiro atoms. The number of benzene rings is 1. The minimum atomic E-state index is -1.07. The molecule has 0 bridgehead atoms. The molecule has 1 heterocycles. The highest BCUT2D eigenvalue weighted by molar-refractivity contribution is 6.26. The molecule has 0 aliphatic carbocycles. The van der Waals surface area contributed by atoms with Crippen molar-refractivity contribution in [3.63, 3.8) is 0 Å². The largest absolute Gasteiger partial charge is 0.461 e. The summed E-state index contributed by atoms with van der Waals surface area (Å²) in [7, 11) is 0. The first-order valence-electron chi connectivity index (χ1n) is 10.1. The molecular weight excluding hydrogens is 400 g/mol. The number of aromatic amines is 1. The number of hydrogen-bond acceptors (Lipinski definition) is 6. The number of nitrogens with one attached hydrogen (secondary N) is 4. The van der Waals surface area contributed by atoms with Crippen molar-refractivity contribution in [1.82, 2.24) is 15.6 Å². The fourth-order valence-corrected chi connectivity index (χ4v) is 3.17. The number of Topliss-reactive ketones (excluding diaryl/α,β-unsaturated/α-hetero) is 1. The van der Waals surface area contributed by atoms with Crippen molar-refractivity contribution in [3.8, 4) is 0 Å². The summed E-state index contributed by atoms with van der Waals surface area (Å²) in [6, 6.07) is 5.59. The fourth-order valence-electron chi connectivity index (χ4n) is 3.17. The highest BCUT2D eigenvalue weighted by atomic mass is 16.5. The van der Waals surface area contributed by atoms with Crippen molar-refractivity contribution in [2.24, 2.45) is 0 Å². The third-order valence-corrected chi connectivity index (χ3v) is 4.59. The predicted molar refractivity (Wildman–Crippen MR) is 116 cm³/mol. The lowest BCUT2D eigenvalue weighted by atomic mass is 10.0. The summed E-state index contributed by atoms with van der Waals surface area (Å²) in [5.41, 5.74) is 1.74. The number of H-pyrrole nitrogens is 1. The van der Waals surface area contributed by atoms with Gasteiger partial charge < -0.3 is 25.8 Å². The normalized spacial score (nSPS) is 12.8. The molecule has 166 valence electrons. The number of carbonyl (C=O) groups excluding carboxylic acids is 4. The summed E-state index contributed by atoms with van der Waals surface area (Å²) in [5.74, 6) is -2.09. The molecule has 2 rings (SSSR count). The van der Waals surface area contributed by atoms with Gasteiger partial charge in [0, 0.05) is 36.9 Å². The monoisotopic (exact) mass is 428 g/mol. The first-order chi connectivity index (χ1) is 14.7. The highest BCUT2D eigenvalue weighted by Gasteiger charge is 2.28. The summed E-state index contributed by atoms with van der Waals surface area (Å²) < 4.78 is 5.19. The van der Waals surface area contributed by atoms with E-state index in [-0.39, 0.29) is 25.2 Å². The van der Waals surface area contributed by atoms with Gasteiger partial charge in [-0.3, -0.25) is 14.4 Å². The van der Waals surface area contributed by atoms with Crippen LogP contribution in [0.2, 0.25) is 0 Å². The van der Waals surface area contributed by atoms with Crippen molar-refractivity contribution < 1.29 is 23.9 Å². The van der Waals surface area contributed by atoms with Gasteiger partial charge in [-0.1, -0.05) is 18.2 Å². The Kier molecular flexibility index (Phi) is 8.48. The molecule has 2 amide bonds. The topological polar surface area (TPSA) is 141 Å². The van der Waals surface area contributed by atoms with Gasteiger partial charge in [-0.15, -0.1) is 0 Å². The number of rotatable bonds is 11. The molecule has 0 unspecified atom stereocenters. The minimum Gasteiger partial charge on any atom is -0.461 e. The molecule has 0 saturated heterocycles. The summed E-state index contributed by atoms with van der Waals surface area (Å²) in [5, 5.41) is 13.2. The van der Waals surface area contributed by atoms with Crippen LogP contribution in [0.15, 0.2) is 30.5 Å². The van der Waals surface area contributed by atoms with Crippen LogP contribution in [0.1, 0.15) is 39.2 Å². The zero-order valence-corrected chi connectivity index (χ0v) is 17.9. The van der Waals surface area contributed by atoms with Gasteiger partial charge in [0.2, 0.25) is 11.8 Å². The Balaban J connectivity index is 2.19. The number of fused-ring (bicyclic) bond motifs is 1. The Labute approximate surface area is 180 Å². The SMILES string of the molecule is CC(=O)N[C@@H](Cc1c[nH]c2ccccc12)C(=O)N[C@@H](CCC(=O)C=N)C(=O)OC(C)C. The van der Waals surface area contributed by atoms with Crippen LogP contribution < -0.4 is 10.6 Å². The lowest BCUT2D eigenvalue weighted by Gasteiger charge is -2.23. The molecule has 31 heavy (non-hydrogen) atoms. The molecule has 2 atom stereocenters. The molecule has 9 heteroatoms. The number of esters is 1. The van der Waals surface area contributed by atoms with Crippen molar-refractivity contribution in [1.29, 1.82) is 5.41 Å². The zero-order chi connectivity index (χ0) is 23.0. The van der Waals surface area contributed by atoms with E-state index in [2.05, 4.69) is 15.6 Å². The number of aromatic nitrogens is 1. The third-order valence-electron chi connectivity index (χ3n) is 4.59. The molecular formula is C22H28N4O5. The lowest BCUT2D eigenvalue weighted by molar-refractivity contribution is -0.151. The average Bonchev–Trinajstić information content (AvgIpc) is 3.12. The highest BCUT2D eigenvalue weighted by Crippen LogP contribution is 2.19. The number of ketones is 1. The van der Waals surface area contributed by atoms with Crippen LogP contribution in [0.25, 0.3) is 10.9 Å². The quantitative estimate of drug-likeness (QED) is 0.318. The zero-order valence-electron chi connectivity index (χ0n) is 17.9. The van der Waals surface area contributed by atoms with E-state index < -0.39 is 35.8 Å². The van der Waals surface area contributed by atoms with Gasteiger partial charge in [0.25, 0.3) is 0 Å². The predicted octanol–water partition coefficient (Wildman–Crippen LogP) is 1.65. The number of ether oxygens (including phenoxy) is 1. The molecule has 9 nitrogen and oxygen atoms in total. The van der Waals surface area contributed by atoms with Crippen molar-refractivity contribution in [3.05, 3.63) is 36.0 Å². The third kappa shape index (κ3) is 7.06. The van der Waals surface area contributed by atoms with Gasteiger partial charge in [-0.05, 0) is 31.9 Å². The second-order valence-corrected chi connectivity index (χ2v) is 7.51. The molecule has 0 saturated carbocycles. The molecule has 4 N–H and O–H groups in total. The number of para-hydroxylation sites is 1. The second-order valence-electron chi connectivity index (χ2n) is 7.51. The van der Waals surface area contributed by atoms with Crippen LogP contribution >= 0.6 is 0 Å². The van der Waals surface area contributed by atoms with E-state index in [1.807, 2.05) is 24.3 Å². The van der Waals surface area contributed by atoms with Crippen molar-refractivity contribution in [2.75, 3.05) is 0 Å². The molecule has 1 aromatic heterocycles. The number of carbonyl (C=O) groups is 4. The van der Waals surface area contributed by atoms with Gasteiger partial charge in [0.1, 0.15) is 12.1 Å². The first-order valence-corrected chi connectivity index (χ1v) is 10.1. The summed E-state index contributed by atoms with van der Waals surface area (Å²) in [4.78, 5) is 51.7. The standard InChI is InChI=1S/C22H28N4O5/c1-13(2)31-22(30)19(9-8-16(28)11-23)26-21(29)20(25-14(3)27)10-15-12-24-18-7-5-4-6-17(15)18/h4-7,11-13,19-20,23-24H,8-10H2,1-3H3,(H,25,27)(H,26,29)/t19-,20-/m0/s1. The summed E-state index contributed by atoms with van der Waals surface area (Å²) >= 11 is 0. The van der Waals surface area contributed by atoms with Gasteiger partial charge >= 0.3 is 5.97 Å². The Morgan fingerprint density at radius 3 is 2.48 bits per heavy atom. The van der Waals surface area contributed by atoms with Crippen molar-refractivity contribution >= 4 is 40.7 Å². The maximum absolute atomic E-state index is 13.0. The van der Waals surface area contributed by atoms with Crippen LogP contribution in [-0.4, -0.2) is 53.0 Å². The molecule has 2 aromatic rings. The Hall–Kier alpha value is -3.49. The van der Waals surface area contributed by atoms with E-state index >= 15 is 0 Å². The number of hydrogen-bond donors (Lipinski definition) is 4. The van der Waals surface area contributed by atoms with Crippen molar-refractivity contribution in [2.45, 2.75) is 58.2 Å². The van der Waals surface area contributed by atoms with E-state index in [1.54, 1.807) is 20.0 Å². The van der Waals surface area contributed by atoms with E-state index in [0.29, 0.717) is 6.21 Å². The Bertz CT molecular complexity index is 966. The number of amides is 2. The van der Waals surface area contributed by atoms with Crippen LogP contribution in [0.5, 0.6) is 0 Å². The summed E-state index contributed by atoms with van der Waals surface area (Å²) in [6.07, 6.45) is 2.16. The fraction of sp³-hybridized carbons (Fsp3) is 0.409. The smallest absolute Gasteiger partial charge is 0.328 e. The second kappa shape index (κ2) is 11.1. The Morgan fingerprint density at radius 2 is 1.84 bits per heavy atom. The van der Waals surface area contributed by atoms with E-state index in [9.17, 15) is 19.2 Å². The van der Waals surface area contributed by atoms with Crippen LogP contribution in [0, 0.1) is 5.41 Å². The van der Waals surface area contributed by atoms with Gasteiger partial charge in [-0.2, -0.15) is 0 Å². The minimum absolute atomic E-state index is 0.00855. The van der Waals surface area contributed by atoms with Gasteiger partial charge in [0.15, 0.2) is 5.78 Å². The van der Waals surface area contributed by atoms with E-state index in [4.69, 9.17) is 10.1 Å². The lowest BCUT2D eigenvalue weighted by Crippen LogP contribution is -2.52. The molecule has 0 aliphatic rings. The maximum Gasteiger partial charge on any atom is 0.328 e. The molecule has 0 fully saturated rings. The first kappa shape index (κ1) is 23.8. The van der Waals surface area contributed by atoms with E-state index in [1.165, 1.54) is 6.92 Å². The Morgan fingerprint density at radius 1 is 1.13 bits per heavy atom. The van der Waals surface area contributed by atoms with Gasteiger partial charge in [0.05, 0.1) is 12.3 Å². The van der Waals surface area contributed by atoms with Gasteiger partial charge in [-0.25, -0.2) is 4.79 Å². The molecule has 1 aromatic carbocycles. The molecule has 0 radical (unpaired) electrons. The van der Waals surface area contributed by atoms with Crippen LogP contribution in [0.3, 0.4) is 0 Å². The maximum atomic E-state index is 13.0. The van der Waals surface area contributed by atoms with Crippen LogP contribution in [-0.2, 0) is 30.3 Å². The average molecular weight is 428 g/mol. The molecule has 0 aliphatic heterocycles. The summed E-state index contributed by atoms with van der Waals surface area (Å²) in [6.45, 7) is 4.66. The van der Waals surface area contributed by atoms with E-state index in [0.717, 1.165) is 16.5 Å². The van der Waals surface area contributed by atoms with Crippen LogP contribution in [0.4, 0.5) is 0 Å².